The van der Waals surface area contributed by atoms with Gasteiger partial charge in [-0.25, -0.2) is 5.26 Å². The molecule has 0 unspecified atom stereocenters. The molecule has 5 N–H and O–H groups in total. The van der Waals surface area contributed by atoms with Gasteiger partial charge >= 0.3 is 18.3 Å². The maximum atomic E-state index is 9.71. The Bertz CT molecular complexity index is 267. The van der Waals surface area contributed by atoms with E-state index in [4.69, 9.17) is 9.81 Å². The van der Waals surface area contributed by atoms with Crippen LogP contribution in [0.15, 0.2) is 0 Å². The molecule has 8 nitrogen and oxygen atoms in total. The van der Waals surface area contributed by atoms with Crippen molar-refractivity contribution >= 4 is 18.3 Å². The van der Waals surface area contributed by atoms with Gasteiger partial charge in [0.2, 0.25) is 0 Å². The third-order valence-corrected chi connectivity index (χ3v) is 2.78. The van der Waals surface area contributed by atoms with Crippen molar-refractivity contribution in [3.63, 3.8) is 0 Å². The summed E-state index contributed by atoms with van der Waals surface area (Å²) in [6.07, 6.45) is 0. The Hall–Kier alpha value is -0.260. The highest BCUT2D eigenvalue weighted by Gasteiger charge is 2.28. The summed E-state index contributed by atoms with van der Waals surface area (Å²) in [5.74, 6) is 0. The van der Waals surface area contributed by atoms with E-state index in [-0.39, 0.29) is 6.15 Å². The van der Waals surface area contributed by atoms with Gasteiger partial charge in [0.1, 0.15) is 0 Å². The van der Waals surface area contributed by atoms with E-state index >= 15 is 0 Å². The minimum absolute atomic E-state index is 0. The Labute approximate surface area is 56.2 Å². The van der Waals surface area contributed by atoms with Gasteiger partial charge in [-0.15, -0.1) is 0 Å². The zero-order valence-electron chi connectivity index (χ0n) is 4.46. The molecule has 0 amide bonds. The Morgan fingerprint density at radius 3 is 1.40 bits per heavy atom. The molecular formula is H5NO7S2. The second kappa shape index (κ2) is 3.23. The van der Waals surface area contributed by atoms with E-state index in [1.165, 1.54) is 0 Å². The van der Waals surface area contributed by atoms with E-state index in [1.54, 1.807) is 0 Å². The van der Waals surface area contributed by atoms with Crippen LogP contribution >= 0.6 is 0 Å². The van der Waals surface area contributed by atoms with Crippen LogP contribution in [-0.2, 0) is 22.6 Å². The first-order valence-corrected chi connectivity index (χ1v) is 4.73. The van der Waals surface area contributed by atoms with E-state index in [0.717, 1.165) is 0 Å². The van der Waals surface area contributed by atoms with E-state index in [2.05, 4.69) is 4.33 Å². The quantitative estimate of drug-likeness (QED) is 0.214. The van der Waals surface area contributed by atoms with Crippen LogP contribution in [0.25, 0.3) is 0 Å². The number of hydrogen-bond acceptors (Lipinski definition) is 7. The van der Waals surface area contributed by atoms with E-state index in [0.29, 0.717) is 0 Å². The summed E-state index contributed by atoms with van der Waals surface area (Å²) in [7, 11) is -10.6. The number of rotatable bonds is 2. The summed E-state index contributed by atoms with van der Waals surface area (Å²) in [4.78, 5) is 0. The molecule has 0 aliphatic heterocycles. The van der Waals surface area contributed by atoms with Crippen molar-refractivity contribution in [2.24, 2.45) is 0 Å². The highest BCUT2D eigenvalue weighted by Crippen LogP contribution is 1.97. The minimum Gasteiger partial charge on any atom is -0.344 e. The summed E-state index contributed by atoms with van der Waals surface area (Å²) in [6.45, 7) is 0. The van der Waals surface area contributed by atoms with Gasteiger partial charge in [-0.2, -0.15) is 16.8 Å². The molecule has 10 heteroatoms. The van der Waals surface area contributed by atoms with Gasteiger partial charge in [0.15, 0.2) is 0 Å². The summed E-state index contributed by atoms with van der Waals surface area (Å²) in [6, 6.07) is 0. The molecule has 0 heterocycles. The van der Waals surface area contributed by atoms with Gasteiger partial charge in [-0.05, 0) is 0 Å². The largest absolute Gasteiger partial charge is 0.425 e. The van der Waals surface area contributed by atoms with Gasteiger partial charge in [-0.3, -0.25) is 4.55 Å². The summed E-state index contributed by atoms with van der Waals surface area (Å²) in [5, 5.41) is 7.30. The van der Waals surface area contributed by atoms with Crippen LogP contribution in [0.3, 0.4) is 0 Å². The molecule has 0 saturated carbocycles. The lowest BCUT2D eigenvalue weighted by Crippen LogP contribution is -2.15. The third kappa shape index (κ3) is 2.55. The lowest BCUT2D eigenvalue weighted by molar-refractivity contribution is -0.127. The molecule has 0 aromatic rings. The van der Waals surface area contributed by atoms with Gasteiger partial charge < -0.3 is 6.15 Å². The lowest BCUT2D eigenvalue weighted by Gasteiger charge is -1.90. The molecule has 0 aromatic carbocycles. The first kappa shape index (κ1) is 12.4. The van der Waals surface area contributed by atoms with Gasteiger partial charge in [-0.1, -0.05) is 4.33 Å². The molecule has 0 atom stereocenters. The maximum Gasteiger partial charge on any atom is 0.425 e. The number of hydrogen-bond donors (Lipinski definition) is 3. The molecule has 64 valence electrons. The van der Waals surface area contributed by atoms with Gasteiger partial charge in [0, 0.05) is 0 Å². The normalized spacial score (nSPS) is 12.2. The third-order valence-electron chi connectivity index (χ3n) is 0.349. The highest BCUT2D eigenvalue weighted by molar-refractivity contribution is 8.62. The SMILES string of the molecule is N.O=S(=O)(O)S(=O)(=O)OO. The Morgan fingerprint density at radius 1 is 1.10 bits per heavy atom. The van der Waals surface area contributed by atoms with Crippen molar-refractivity contribution in [2.75, 3.05) is 0 Å². The van der Waals surface area contributed by atoms with Crippen molar-refractivity contribution in [3.8, 4) is 0 Å². The molecule has 0 aliphatic carbocycles. The highest BCUT2D eigenvalue weighted by atomic mass is 33.2. The smallest absolute Gasteiger partial charge is 0.344 e. The monoisotopic (exact) mass is 195 g/mol. The zero-order chi connectivity index (χ0) is 7.71. The zero-order valence-corrected chi connectivity index (χ0v) is 6.09. The van der Waals surface area contributed by atoms with Gasteiger partial charge in [0.05, 0.1) is 0 Å². The Morgan fingerprint density at radius 2 is 1.40 bits per heavy atom. The maximum absolute atomic E-state index is 9.71. The van der Waals surface area contributed by atoms with Crippen LogP contribution in [0, 0.1) is 0 Å². The topological polar surface area (TPSA) is 153 Å². The molecule has 0 rings (SSSR count). The molecule has 0 spiro atoms. The predicted molar refractivity (Wildman–Crippen MR) is 29.2 cm³/mol. The van der Waals surface area contributed by atoms with Crippen molar-refractivity contribution in [1.29, 1.82) is 0 Å². The van der Waals surface area contributed by atoms with E-state index < -0.39 is 18.3 Å². The fraction of sp³-hybridized carbons (Fsp3) is 0. The first-order chi connectivity index (χ1) is 3.81. The van der Waals surface area contributed by atoms with Crippen molar-refractivity contribution < 1.29 is 31.0 Å². The minimum atomic E-state index is -5.35. The molecule has 0 aliphatic rings. The van der Waals surface area contributed by atoms with Crippen molar-refractivity contribution in [2.45, 2.75) is 0 Å². The van der Waals surface area contributed by atoms with E-state index in [1.807, 2.05) is 0 Å². The fourth-order valence-corrected chi connectivity index (χ4v) is 0.346. The first-order valence-electron chi connectivity index (χ1n) is 1.37. The van der Waals surface area contributed by atoms with Crippen LogP contribution in [-0.4, -0.2) is 26.6 Å². The van der Waals surface area contributed by atoms with Crippen LogP contribution < -0.4 is 6.15 Å². The predicted octanol–water partition coefficient (Wildman–Crippen LogP) is -1.23. The second-order valence-corrected chi connectivity index (χ2v) is 5.22. The average Bonchev–Trinajstić information content (AvgIpc) is 1.64. The van der Waals surface area contributed by atoms with Crippen LogP contribution in [0.2, 0.25) is 0 Å². The van der Waals surface area contributed by atoms with Crippen LogP contribution in [0.1, 0.15) is 0 Å². The molecule has 0 bridgehead atoms. The summed E-state index contributed by atoms with van der Waals surface area (Å²) < 4.78 is 48.6. The Kier molecular flexibility index (Phi) is 4.01. The van der Waals surface area contributed by atoms with E-state index in [9.17, 15) is 16.8 Å². The van der Waals surface area contributed by atoms with Gasteiger partial charge in [0.25, 0.3) is 0 Å². The molecule has 0 radical (unpaired) electrons. The van der Waals surface area contributed by atoms with Crippen LogP contribution in [0.4, 0.5) is 0 Å². The summed E-state index contributed by atoms with van der Waals surface area (Å²) >= 11 is 0. The second-order valence-electron chi connectivity index (χ2n) is 0.911. The molecule has 0 fully saturated rings. The molecular weight excluding hydrogens is 190 g/mol. The van der Waals surface area contributed by atoms with Crippen molar-refractivity contribution in [1.82, 2.24) is 6.15 Å². The van der Waals surface area contributed by atoms with Crippen molar-refractivity contribution in [3.05, 3.63) is 0 Å². The Balaban J connectivity index is 0. The van der Waals surface area contributed by atoms with Crippen LogP contribution in [0.5, 0.6) is 0 Å². The molecule has 10 heavy (non-hydrogen) atoms. The lowest BCUT2D eigenvalue weighted by atomic mass is 14.0. The fourth-order valence-electron chi connectivity index (χ4n) is 0.0385. The summed E-state index contributed by atoms with van der Waals surface area (Å²) in [5.41, 5.74) is 0. The molecule has 0 saturated heterocycles. The standard InChI is InChI=1S/H3N.H2O7S2/c;1-7-9(5,6)8(2,3)4/h1H3;1H,(H,2,3,4). The average molecular weight is 195 g/mol. The molecule has 0 aromatic heterocycles.